The summed E-state index contributed by atoms with van der Waals surface area (Å²) in [5, 5.41) is 0.811. The molecule has 3 aromatic carbocycles. The number of hydrogen-bond acceptors (Lipinski definition) is 3. The van der Waals surface area contributed by atoms with E-state index < -0.39 is 17.7 Å². The average Bonchev–Trinajstić information content (AvgIpc) is 2.73. The second-order valence-corrected chi connectivity index (χ2v) is 7.18. The molecule has 154 valence electrons. The maximum Gasteiger partial charge on any atom is 0.338 e. The summed E-state index contributed by atoms with van der Waals surface area (Å²) in [6.45, 7) is 2.04. The monoisotopic (exact) mass is 445 g/mol. The van der Waals surface area contributed by atoms with Gasteiger partial charge in [-0.25, -0.2) is 9.18 Å². The maximum absolute atomic E-state index is 13.7. The van der Waals surface area contributed by atoms with Gasteiger partial charge in [-0.15, -0.1) is 0 Å². The molecule has 0 unspecified atom stereocenters. The summed E-state index contributed by atoms with van der Waals surface area (Å²) in [5.74, 6) is -1.41. The second-order valence-electron chi connectivity index (χ2n) is 6.37. The predicted molar refractivity (Wildman–Crippen MR) is 116 cm³/mol. The standard InChI is InChI=1S/C23H18Cl2FNO3/c1-2-30-23(29)15-9-11-18(12-10-15)27(14-19-20(24)7-4-8-21(19)25)22(28)16-5-3-6-17(26)13-16/h3-13H,2,14H2,1H3. The van der Waals surface area contributed by atoms with E-state index >= 15 is 0 Å². The van der Waals surface area contributed by atoms with E-state index in [2.05, 4.69) is 0 Å². The van der Waals surface area contributed by atoms with Crippen LogP contribution in [0.5, 0.6) is 0 Å². The molecule has 0 bridgehead atoms. The number of benzene rings is 3. The van der Waals surface area contributed by atoms with Crippen LogP contribution in [0, 0.1) is 5.82 Å². The normalized spacial score (nSPS) is 10.5. The number of carbonyl (C=O) groups is 2. The van der Waals surface area contributed by atoms with E-state index in [0.29, 0.717) is 26.9 Å². The van der Waals surface area contributed by atoms with E-state index in [1.165, 1.54) is 23.1 Å². The maximum atomic E-state index is 13.7. The van der Waals surface area contributed by atoms with Crippen LogP contribution < -0.4 is 4.90 Å². The van der Waals surface area contributed by atoms with E-state index in [-0.39, 0.29) is 18.7 Å². The predicted octanol–water partition coefficient (Wildman–Crippen LogP) is 6.16. The molecule has 0 radical (unpaired) electrons. The van der Waals surface area contributed by atoms with Gasteiger partial charge < -0.3 is 9.64 Å². The lowest BCUT2D eigenvalue weighted by Gasteiger charge is -2.24. The fourth-order valence-corrected chi connectivity index (χ4v) is 3.41. The molecule has 3 aromatic rings. The Balaban J connectivity index is 2.01. The van der Waals surface area contributed by atoms with Crippen LogP contribution in [0.2, 0.25) is 10.0 Å². The van der Waals surface area contributed by atoms with Crippen molar-refractivity contribution in [3.8, 4) is 0 Å². The zero-order valence-corrected chi connectivity index (χ0v) is 17.6. The Morgan fingerprint density at radius 1 is 0.933 bits per heavy atom. The van der Waals surface area contributed by atoms with Crippen molar-refractivity contribution >= 4 is 40.8 Å². The van der Waals surface area contributed by atoms with Gasteiger partial charge in [-0.1, -0.05) is 35.3 Å². The van der Waals surface area contributed by atoms with Crippen LogP contribution in [0.3, 0.4) is 0 Å². The minimum absolute atomic E-state index is 0.0621. The van der Waals surface area contributed by atoms with Crippen LogP contribution in [0.15, 0.2) is 66.7 Å². The zero-order chi connectivity index (χ0) is 21.7. The summed E-state index contributed by atoms with van der Waals surface area (Å²) in [6.07, 6.45) is 0. The summed E-state index contributed by atoms with van der Waals surface area (Å²) in [7, 11) is 0. The molecule has 7 heteroatoms. The average molecular weight is 446 g/mol. The van der Waals surface area contributed by atoms with E-state index in [9.17, 15) is 14.0 Å². The van der Waals surface area contributed by atoms with Crippen molar-refractivity contribution in [1.29, 1.82) is 0 Å². The van der Waals surface area contributed by atoms with Gasteiger partial charge in [0.2, 0.25) is 0 Å². The number of esters is 1. The molecule has 0 saturated carbocycles. The minimum atomic E-state index is -0.519. The van der Waals surface area contributed by atoms with E-state index in [1.54, 1.807) is 49.4 Å². The molecule has 0 aliphatic rings. The minimum Gasteiger partial charge on any atom is -0.462 e. The van der Waals surface area contributed by atoms with Gasteiger partial charge >= 0.3 is 5.97 Å². The van der Waals surface area contributed by atoms with E-state index in [1.807, 2.05) is 0 Å². The van der Waals surface area contributed by atoms with Crippen LogP contribution in [0.4, 0.5) is 10.1 Å². The van der Waals surface area contributed by atoms with Gasteiger partial charge in [-0.3, -0.25) is 4.79 Å². The van der Waals surface area contributed by atoms with Gasteiger partial charge in [0, 0.05) is 26.9 Å². The third-order valence-corrected chi connectivity index (χ3v) is 5.09. The molecule has 4 nitrogen and oxygen atoms in total. The van der Waals surface area contributed by atoms with Crippen LogP contribution >= 0.6 is 23.2 Å². The highest BCUT2D eigenvalue weighted by atomic mass is 35.5. The largest absolute Gasteiger partial charge is 0.462 e. The van der Waals surface area contributed by atoms with Gasteiger partial charge in [0.15, 0.2) is 0 Å². The number of nitrogens with zero attached hydrogens (tertiary/aromatic N) is 1. The molecule has 0 saturated heterocycles. The molecule has 0 aliphatic heterocycles. The molecule has 0 fully saturated rings. The molecule has 0 spiro atoms. The highest BCUT2D eigenvalue weighted by Crippen LogP contribution is 2.29. The van der Waals surface area contributed by atoms with Gasteiger partial charge in [0.1, 0.15) is 5.82 Å². The smallest absolute Gasteiger partial charge is 0.338 e. The molecular formula is C23H18Cl2FNO3. The molecule has 30 heavy (non-hydrogen) atoms. The van der Waals surface area contributed by atoms with Crippen molar-refractivity contribution in [2.45, 2.75) is 13.5 Å². The fourth-order valence-electron chi connectivity index (χ4n) is 2.89. The quantitative estimate of drug-likeness (QED) is 0.427. The Hall–Kier alpha value is -2.89. The first-order chi connectivity index (χ1) is 14.4. The summed E-state index contributed by atoms with van der Waals surface area (Å²) in [6, 6.07) is 16.8. The SMILES string of the molecule is CCOC(=O)c1ccc(N(Cc2c(Cl)cccc2Cl)C(=O)c2cccc(F)c2)cc1. The van der Waals surface area contributed by atoms with Crippen molar-refractivity contribution in [3.63, 3.8) is 0 Å². The number of ether oxygens (including phenoxy) is 1. The molecule has 3 rings (SSSR count). The summed E-state index contributed by atoms with van der Waals surface area (Å²) < 4.78 is 18.7. The Morgan fingerprint density at radius 3 is 2.17 bits per heavy atom. The molecular weight excluding hydrogens is 428 g/mol. The number of rotatable bonds is 6. The highest BCUT2D eigenvalue weighted by Gasteiger charge is 2.21. The topological polar surface area (TPSA) is 46.6 Å². The van der Waals surface area contributed by atoms with Gasteiger partial charge in [-0.2, -0.15) is 0 Å². The Morgan fingerprint density at radius 2 is 1.57 bits per heavy atom. The van der Waals surface area contributed by atoms with Crippen LogP contribution in [0.1, 0.15) is 33.2 Å². The van der Waals surface area contributed by atoms with Crippen molar-refractivity contribution in [3.05, 3.63) is 99.3 Å². The number of carbonyl (C=O) groups excluding carboxylic acids is 2. The number of amides is 1. The summed E-state index contributed by atoms with van der Waals surface area (Å²) in [4.78, 5) is 26.6. The van der Waals surface area contributed by atoms with E-state index in [0.717, 1.165) is 6.07 Å². The highest BCUT2D eigenvalue weighted by molar-refractivity contribution is 6.36. The fraction of sp³-hybridized carbons (Fsp3) is 0.130. The molecule has 1 amide bonds. The third kappa shape index (κ3) is 4.99. The van der Waals surface area contributed by atoms with Crippen molar-refractivity contribution in [2.24, 2.45) is 0 Å². The number of hydrogen-bond donors (Lipinski definition) is 0. The van der Waals surface area contributed by atoms with Crippen molar-refractivity contribution in [1.82, 2.24) is 0 Å². The Kier molecular flexibility index (Phi) is 7.08. The van der Waals surface area contributed by atoms with Crippen molar-refractivity contribution < 1.29 is 18.7 Å². The van der Waals surface area contributed by atoms with Crippen LogP contribution in [-0.4, -0.2) is 18.5 Å². The van der Waals surface area contributed by atoms with Crippen LogP contribution in [0.25, 0.3) is 0 Å². The lowest BCUT2D eigenvalue weighted by molar-refractivity contribution is 0.0526. The first-order valence-electron chi connectivity index (χ1n) is 9.18. The first kappa shape index (κ1) is 21.8. The number of halogens is 3. The lowest BCUT2D eigenvalue weighted by atomic mass is 10.1. The van der Waals surface area contributed by atoms with Gasteiger partial charge in [0.25, 0.3) is 5.91 Å². The molecule has 0 heterocycles. The van der Waals surface area contributed by atoms with Crippen molar-refractivity contribution in [2.75, 3.05) is 11.5 Å². The first-order valence-corrected chi connectivity index (χ1v) is 9.93. The summed E-state index contributed by atoms with van der Waals surface area (Å²) >= 11 is 12.6. The van der Waals surface area contributed by atoms with Gasteiger partial charge in [-0.05, 0) is 61.5 Å². The Bertz CT molecular complexity index is 1050. The molecule has 0 N–H and O–H groups in total. The van der Waals surface area contributed by atoms with E-state index in [4.69, 9.17) is 27.9 Å². The zero-order valence-electron chi connectivity index (χ0n) is 16.1. The molecule has 0 atom stereocenters. The second kappa shape index (κ2) is 9.74. The molecule has 0 aliphatic carbocycles. The third-order valence-electron chi connectivity index (χ3n) is 4.38. The number of anilines is 1. The lowest BCUT2D eigenvalue weighted by Crippen LogP contribution is -2.30. The molecule has 0 aromatic heterocycles. The summed E-state index contributed by atoms with van der Waals surface area (Å²) in [5.41, 5.74) is 1.58. The Labute approximate surface area is 183 Å². The van der Waals surface area contributed by atoms with Gasteiger partial charge in [0.05, 0.1) is 18.7 Å². The van der Waals surface area contributed by atoms with Crippen LogP contribution in [-0.2, 0) is 11.3 Å².